The number of Topliss-reactive ketones (excluding diaryl/α,β-unsaturated/α-hetero) is 1. The number of hydrogen-bond acceptors (Lipinski definition) is 1. The average Bonchev–Trinajstić information content (AvgIpc) is 2.68. The third-order valence-electron chi connectivity index (χ3n) is 3.75. The Balaban J connectivity index is 1.94. The smallest absolute Gasteiger partial charge is 0.133 e. The van der Waals surface area contributed by atoms with Crippen molar-refractivity contribution in [1.29, 1.82) is 0 Å². The topological polar surface area (TPSA) is 17.1 Å². The molecule has 1 atom stereocenters. The van der Waals surface area contributed by atoms with Crippen LogP contribution in [-0.2, 0) is 4.79 Å². The number of ketones is 1. The number of carbonyl (C=O) groups is 1. The number of hydrogen-bond donors (Lipinski definition) is 0. The fourth-order valence-electron chi connectivity index (χ4n) is 2.76. The SMILES string of the molecule is O=C1CCCC(c2ccc3cccc-3cc2)C1. The summed E-state index contributed by atoms with van der Waals surface area (Å²) in [7, 11) is 0. The number of carbonyl (C=O) groups excluding carboxylic acids is 1. The van der Waals surface area contributed by atoms with Crippen molar-refractivity contribution in [3.8, 4) is 11.1 Å². The normalized spacial score (nSPS) is 20.7. The fraction of sp³-hybridized carbons (Fsp3) is 0.312. The van der Waals surface area contributed by atoms with E-state index in [1.54, 1.807) is 0 Å². The van der Waals surface area contributed by atoms with Crippen LogP contribution < -0.4 is 0 Å². The van der Waals surface area contributed by atoms with Crippen LogP contribution in [0.25, 0.3) is 11.1 Å². The van der Waals surface area contributed by atoms with Gasteiger partial charge in [0.15, 0.2) is 0 Å². The van der Waals surface area contributed by atoms with E-state index in [0.29, 0.717) is 11.7 Å². The van der Waals surface area contributed by atoms with E-state index in [2.05, 4.69) is 42.5 Å². The lowest BCUT2D eigenvalue weighted by Crippen LogP contribution is -2.12. The quantitative estimate of drug-likeness (QED) is 0.715. The monoisotopic (exact) mass is 224 g/mol. The molecule has 1 fully saturated rings. The molecule has 0 radical (unpaired) electrons. The summed E-state index contributed by atoms with van der Waals surface area (Å²) in [5.41, 5.74) is 3.87. The standard InChI is InChI=1S/C16H16O/c17-16-6-2-5-15(11-16)14-9-7-12-3-1-4-13(12)8-10-14/h1,3-4,7-10,15H,2,5-6,11H2. The molecular formula is C16H16O. The van der Waals surface area contributed by atoms with Crippen molar-refractivity contribution in [3.63, 3.8) is 0 Å². The van der Waals surface area contributed by atoms with Crippen LogP contribution in [0.3, 0.4) is 0 Å². The van der Waals surface area contributed by atoms with Crippen molar-refractivity contribution in [1.82, 2.24) is 0 Å². The lowest BCUT2D eigenvalue weighted by Gasteiger charge is -2.20. The minimum atomic E-state index is 0.423. The maximum atomic E-state index is 11.5. The Labute approximate surface area is 102 Å². The van der Waals surface area contributed by atoms with Gasteiger partial charge in [-0.3, -0.25) is 4.79 Å². The molecule has 1 heteroatoms. The molecule has 0 saturated heterocycles. The summed E-state index contributed by atoms with van der Waals surface area (Å²) >= 11 is 0. The second-order valence-electron chi connectivity index (χ2n) is 4.94. The van der Waals surface area contributed by atoms with Gasteiger partial charge in [-0.15, -0.1) is 0 Å². The second-order valence-corrected chi connectivity index (χ2v) is 4.94. The van der Waals surface area contributed by atoms with Crippen LogP contribution in [0.5, 0.6) is 0 Å². The molecule has 3 aliphatic rings. The van der Waals surface area contributed by atoms with E-state index in [0.717, 1.165) is 25.7 Å². The summed E-state index contributed by atoms with van der Waals surface area (Å²) < 4.78 is 0. The van der Waals surface area contributed by atoms with E-state index in [9.17, 15) is 4.79 Å². The van der Waals surface area contributed by atoms with Crippen LogP contribution in [0.4, 0.5) is 0 Å². The van der Waals surface area contributed by atoms with Crippen LogP contribution in [0, 0.1) is 0 Å². The van der Waals surface area contributed by atoms with Gasteiger partial charge >= 0.3 is 0 Å². The van der Waals surface area contributed by atoms with Crippen LogP contribution in [0.1, 0.15) is 37.2 Å². The highest BCUT2D eigenvalue weighted by Gasteiger charge is 2.20. The molecule has 0 aromatic carbocycles. The maximum Gasteiger partial charge on any atom is 0.133 e. The van der Waals surface area contributed by atoms with Crippen molar-refractivity contribution >= 4 is 5.78 Å². The van der Waals surface area contributed by atoms with E-state index in [1.165, 1.54) is 16.7 Å². The molecule has 0 bridgehead atoms. The van der Waals surface area contributed by atoms with Gasteiger partial charge in [0.25, 0.3) is 0 Å². The Hall–Kier alpha value is -1.63. The summed E-state index contributed by atoms with van der Waals surface area (Å²) in [4.78, 5) is 11.5. The summed E-state index contributed by atoms with van der Waals surface area (Å²) in [5, 5.41) is 0. The predicted octanol–water partition coefficient (Wildman–Crippen LogP) is 4.02. The highest BCUT2D eigenvalue weighted by molar-refractivity contribution is 5.80. The van der Waals surface area contributed by atoms with Gasteiger partial charge < -0.3 is 0 Å². The first kappa shape index (κ1) is 10.5. The van der Waals surface area contributed by atoms with E-state index >= 15 is 0 Å². The summed E-state index contributed by atoms with van der Waals surface area (Å²) in [6.07, 6.45) is 3.71. The van der Waals surface area contributed by atoms with Crippen molar-refractivity contribution in [2.24, 2.45) is 0 Å². The molecule has 3 rings (SSSR count). The number of rotatable bonds is 1. The van der Waals surface area contributed by atoms with Gasteiger partial charge in [0, 0.05) is 12.8 Å². The molecule has 0 spiro atoms. The van der Waals surface area contributed by atoms with Crippen molar-refractivity contribution in [2.45, 2.75) is 31.6 Å². The van der Waals surface area contributed by atoms with Crippen LogP contribution >= 0.6 is 0 Å². The minimum absolute atomic E-state index is 0.423. The van der Waals surface area contributed by atoms with E-state index in [-0.39, 0.29) is 0 Å². The Kier molecular flexibility index (Phi) is 2.68. The summed E-state index contributed by atoms with van der Waals surface area (Å²) in [6, 6.07) is 15.1. The van der Waals surface area contributed by atoms with Crippen LogP contribution in [0.2, 0.25) is 0 Å². The lowest BCUT2D eigenvalue weighted by atomic mass is 9.84. The van der Waals surface area contributed by atoms with Gasteiger partial charge in [0.1, 0.15) is 5.78 Å². The van der Waals surface area contributed by atoms with Crippen molar-refractivity contribution in [2.75, 3.05) is 0 Å². The average molecular weight is 224 g/mol. The Morgan fingerprint density at radius 1 is 0.941 bits per heavy atom. The summed E-state index contributed by atoms with van der Waals surface area (Å²) in [5.74, 6) is 0.861. The third kappa shape index (κ3) is 2.10. The second kappa shape index (κ2) is 4.33. The van der Waals surface area contributed by atoms with Crippen molar-refractivity contribution < 1.29 is 4.79 Å². The zero-order valence-corrected chi connectivity index (χ0v) is 9.86. The van der Waals surface area contributed by atoms with Gasteiger partial charge in [-0.1, -0.05) is 42.5 Å². The van der Waals surface area contributed by atoms with E-state index in [1.807, 2.05) is 0 Å². The molecule has 0 aromatic heterocycles. The first-order valence-electron chi connectivity index (χ1n) is 6.33. The van der Waals surface area contributed by atoms with Gasteiger partial charge in [0.05, 0.1) is 0 Å². The lowest BCUT2D eigenvalue weighted by molar-refractivity contribution is -0.120. The molecule has 0 heterocycles. The zero-order valence-electron chi connectivity index (χ0n) is 9.86. The highest BCUT2D eigenvalue weighted by atomic mass is 16.1. The van der Waals surface area contributed by atoms with Crippen LogP contribution in [-0.4, -0.2) is 5.78 Å². The Morgan fingerprint density at radius 2 is 1.65 bits per heavy atom. The van der Waals surface area contributed by atoms with E-state index in [4.69, 9.17) is 0 Å². The molecular weight excluding hydrogens is 208 g/mol. The zero-order chi connectivity index (χ0) is 11.7. The molecule has 0 aromatic rings. The first-order valence-corrected chi connectivity index (χ1v) is 6.33. The Bertz CT molecular complexity index is 484. The van der Waals surface area contributed by atoms with Gasteiger partial charge in [0.2, 0.25) is 0 Å². The predicted molar refractivity (Wildman–Crippen MR) is 69.3 cm³/mol. The third-order valence-corrected chi connectivity index (χ3v) is 3.75. The molecule has 17 heavy (non-hydrogen) atoms. The molecule has 86 valence electrons. The molecule has 3 aliphatic carbocycles. The van der Waals surface area contributed by atoms with Crippen molar-refractivity contribution in [3.05, 3.63) is 48.0 Å². The van der Waals surface area contributed by atoms with Gasteiger partial charge in [-0.25, -0.2) is 0 Å². The molecule has 0 N–H and O–H groups in total. The summed E-state index contributed by atoms with van der Waals surface area (Å²) in [6.45, 7) is 0. The molecule has 0 amide bonds. The Morgan fingerprint density at radius 3 is 2.29 bits per heavy atom. The first-order chi connectivity index (χ1) is 8.33. The largest absolute Gasteiger partial charge is 0.300 e. The molecule has 1 unspecified atom stereocenters. The maximum absolute atomic E-state index is 11.5. The van der Waals surface area contributed by atoms with E-state index < -0.39 is 0 Å². The van der Waals surface area contributed by atoms with Gasteiger partial charge in [-0.05, 0) is 35.4 Å². The van der Waals surface area contributed by atoms with Gasteiger partial charge in [-0.2, -0.15) is 0 Å². The molecule has 1 saturated carbocycles. The minimum Gasteiger partial charge on any atom is -0.300 e. The van der Waals surface area contributed by atoms with Crippen LogP contribution in [0.15, 0.2) is 42.5 Å². The fourth-order valence-corrected chi connectivity index (χ4v) is 2.76. The molecule has 1 nitrogen and oxygen atoms in total. The molecule has 0 aliphatic heterocycles. The number of fused-ring (bicyclic) bond motifs is 1. The highest BCUT2D eigenvalue weighted by Crippen LogP contribution is 2.32.